The second-order valence-electron chi connectivity index (χ2n) is 9.58. The second kappa shape index (κ2) is 12.9. The molecule has 0 aromatic heterocycles. The maximum atomic E-state index is 13.3. The van der Waals surface area contributed by atoms with E-state index in [1.165, 1.54) is 12.1 Å². The van der Waals surface area contributed by atoms with E-state index in [4.69, 9.17) is 21.9 Å². The van der Waals surface area contributed by atoms with Gasteiger partial charge in [-0.3, -0.25) is 9.59 Å². The van der Waals surface area contributed by atoms with Gasteiger partial charge in [-0.2, -0.15) is 0 Å². The third kappa shape index (κ3) is 8.02. The number of amides is 2. The molecule has 0 spiro atoms. The molecule has 0 unspecified atom stereocenters. The van der Waals surface area contributed by atoms with Gasteiger partial charge >= 0.3 is 0 Å². The predicted molar refractivity (Wildman–Crippen MR) is 149 cm³/mol. The third-order valence-electron chi connectivity index (χ3n) is 6.48. The molecule has 1 aliphatic rings. The van der Waals surface area contributed by atoms with Crippen LogP contribution in [0, 0.1) is 5.82 Å². The fourth-order valence-electron chi connectivity index (χ4n) is 4.42. The standard InChI is InChI=1S/C29H33FN6O3/c30-20-9-5-19(6-10-20)17-39-26-16-23(13-14-24(26)27(37)34-21-3-1-2-4-21)35-28(38)25(31)15-18-7-11-22(12-8-18)36-29(32)33/h5-14,16,21,25H,1-4,15,17,31H2,(H,34,37)(H,35,38)(H4,32,33,36)/t25-/m0/s1. The molecule has 1 aliphatic carbocycles. The summed E-state index contributed by atoms with van der Waals surface area (Å²) >= 11 is 0. The molecule has 0 saturated heterocycles. The quantitative estimate of drug-likeness (QED) is 0.199. The average molecular weight is 533 g/mol. The highest BCUT2D eigenvalue weighted by Crippen LogP contribution is 2.26. The highest BCUT2D eigenvalue weighted by Gasteiger charge is 2.22. The summed E-state index contributed by atoms with van der Waals surface area (Å²) in [4.78, 5) is 29.9. The maximum Gasteiger partial charge on any atom is 0.255 e. The zero-order chi connectivity index (χ0) is 27.8. The van der Waals surface area contributed by atoms with Gasteiger partial charge in [-0.1, -0.05) is 37.1 Å². The van der Waals surface area contributed by atoms with Crippen LogP contribution in [-0.2, 0) is 17.8 Å². The van der Waals surface area contributed by atoms with Gasteiger partial charge in [0, 0.05) is 17.8 Å². The Balaban J connectivity index is 1.45. The molecule has 0 radical (unpaired) electrons. The fourth-order valence-corrected chi connectivity index (χ4v) is 4.42. The minimum Gasteiger partial charge on any atom is -0.488 e. The van der Waals surface area contributed by atoms with Crippen LogP contribution in [0.25, 0.3) is 0 Å². The molecular weight excluding hydrogens is 499 g/mol. The topological polar surface area (TPSA) is 158 Å². The molecule has 204 valence electrons. The first-order valence-corrected chi connectivity index (χ1v) is 12.8. The number of carbonyl (C=O) groups excluding carboxylic acids is 2. The van der Waals surface area contributed by atoms with Crippen molar-refractivity contribution in [2.45, 2.75) is 50.8 Å². The van der Waals surface area contributed by atoms with E-state index in [0.717, 1.165) is 36.8 Å². The summed E-state index contributed by atoms with van der Waals surface area (Å²) in [6.07, 6.45) is 4.36. The number of ether oxygens (including phenoxy) is 1. The Morgan fingerprint density at radius 2 is 1.64 bits per heavy atom. The van der Waals surface area contributed by atoms with Crippen molar-refractivity contribution in [1.29, 1.82) is 0 Å². The van der Waals surface area contributed by atoms with Crippen LogP contribution >= 0.6 is 0 Å². The number of guanidine groups is 1. The molecule has 8 N–H and O–H groups in total. The minimum atomic E-state index is -0.826. The molecule has 3 aromatic rings. The molecule has 0 bridgehead atoms. The summed E-state index contributed by atoms with van der Waals surface area (Å²) in [7, 11) is 0. The number of nitrogens with two attached hydrogens (primary N) is 3. The molecule has 4 rings (SSSR count). The molecule has 10 heteroatoms. The highest BCUT2D eigenvalue weighted by atomic mass is 19.1. The fraction of sp³-hybridized carbons (Fsp3) is 0.276. The van der Waals surface area contributed by atoms with Crippen LogP contribution in [-0.4, -0.2) is 29.9 Å². The Morgan fingerprint density at radius 1 is 0.974 bits per heavy atom. The molecular formula is C29H33FN6O3. The Bertz CT molecular complexity index is 1320. The van der Waals surface area contributed by atoms with Crippen LogP contribution in [0.5, 0.6) is 5.75 Å². The summed E-state index contributed by atoms with van der Waals surface area (Å²) < 4.78 is 19.3. The largest absolute Gasteiger partial charge is 0.488 e. The first-order valence-electron chi connectivity index (χ1n) is 12.8. The van der Waals surface area contributed by atoms with Crippen LogP contribution < -0.4 is 32.6 Å². The molecule has 3 aromatic carbocycles. The second-order valence-corrected chi connectivity index (χ2v) is 9.58. The van der Waals surface area contributed by atoms with Gasteiger partial charge < -0.3 is 32.6 Å². The number of anilines is 1. The van der Waals surface area contributed by atoms with Crippen molar-refractivity contribution in [3.63, 3.8) is 0 Å². The molecule has 1 saturated carbocycles. The van der Waals surface area contributed by atoms with Crippen LogP contribution in [0.1, 0.15) is 47.2 Å². The number of halogens is 1. The summed E-state index contributed by atoms with van der Waals surface area (Å²) in [5, 5.41) is 5.87. The normalized spacial score (nSPS) is 13.9. The van der Waals surface area contributed by atoms with Crippen molar-refractivity contribution in [2.75, 3.05) is 5.32 Å². The Hall–Kier alpha value is -4.44. The lowest BCUT2D eigenvalue weighted by Crippen LogP contribution is -2.37. The van der Waals surface area contributed by atoms with E-state index in [1.807, 2.05) is 0 Å². The van der Waals surface area contributed by atoms with Gasteiger partial charge in [-0.15, -0.1) is 0 Å². The maximum absolute atomic E-state index is 13.3. The lowest BCUT2D eigenvalue weighted by Gasteiger charge is -2.17. The van der Waals surface area contributed by atoms with Gasteiger partial charge in [0.15, 0.2) is 5.96 Å². The van der Waals surface area contributed by atoms with Crippen molar-refractivity contribution in [3.8, 4) is 5.75 Å². The summed E-state index contributed by atoms with van der Waals surface area (Å²) in [5.41, 5.74) is 19.9. The number of hydrogen-bond donors (Lipinski definition) is 5. The highest BCUT2D eigenvalue weighted by molar-refractivity contribution is 5.99. The monoisotopic (exact) mass is 532 g/mol. The number of rotatable bonds is 10. The molecule has 39 heavy (non-hydrogen) atoms. The van der Waals surface area contributed by atoms with Gasteiger partial charge in [0.05, 0.1) is 17.3 Å². The number of nitrogens with zero attached hydrogens (tertiary/aromatic N) is 1. The van der Waals surface area contributed by atoms with E-state index < -0.39 is 11.9 Å². The molecule has 1 atom stereocenters. The van der Waals surface area contributed by atoms with Crippen LogP contribution in [0.2, 0.25) is 0 Å². The Labute approximate surface area is 226 Å². The first-order chi connectivity index (χ1) is 18.8. The van der Waals surface area contributed by atoms with Crippen molar-refractivity contribution in [2.24, 2.45) is 22.2 Å². The summed E-state index contributed by atoms with van der Waals surface area (Å²) in [6, 6.07) is 17.2. The first kappa shape index (κ1) is 27.6. The van der Waals surface area contributed by atoms with Crippen LogP contribution in [0.4, 0.5) is 15.8 Å². The van der Waals surface area contributed by atoms with Crippen LogP contribution in [0.3, 0.4) is 0 Å². The van der Waals surface area contributed by atoms with Gasteiger partial charge in [-0.25, -0.2) is 9.38 Å². The molecule has 1 fully saturated rings. The van der Waals surface area contributed by atoms with E-state index >= 15 is 0 Å². The Kier molecular flexibility index (Phi) is 9.11. The molecule has 9 nitrogen and oxygen atoms in total. The number of carbonyl (C=O) groups is 2. The van der Waals surface area contributed by atoms with E-state index in [2.05, 4.69) is 15.6 Å². The lowest BCUT2D eigenvalue weighted by atomic mass is 10.1. The molecule has 2 amide bonds. The minimum absolute atomic E-state index is 0.0399. The Morgan fingerprint density at radius 3 is 2.31 bits per heavy atom. The van der Waals surface area contributed by atoms with E-state index in [-0.39, 0.29) is 30.3 Å². The van der Waals surface area contributed by atoms with Gasteiger partial charge in [0.1, 0.15) is 18.2 Å². The smallest absolute Gasteiger partial charge is 0.255 e. The number of nitrogens with one attached hydrogen (secondary N) is 2. The molecule has 0 heterocycles. The van der Waals surface area contributed by atoms with Crippen molar-refractivity contribution < 1.29 is 18.7 Å². The summed E-state index contributed by atoms with van der Waals surface area (Å²) in [6.45, 7) is 0.122. The van der Waals surface area contributed by atoms with E-state index in [1.54, 1.807) is 54.6 Å². The van der Waals surface area contributed by atoms with Crippen molar-refractivity contribution in [3.05, 3.63) is 89.2 Å². The van der Waals surface area contributed by atoms with Crippen molar-refractivity contribution >= 4 is 29.1 Å². The van der Waals surface area contributed by atoms with Crippen molar-refractivity contribution in [1.82, 2.24) is 5.32 Å². The third-order valence-corrected chi connectivity index (χ3v) is 6.48. The van der Waals surface area contributed by atoms with Gasteiger partial charge in [0.25, 0.3) is 5.91 Å². The van der Waals surface area contributed by atoms with E-state index in [0.29, 0.717) is 29.1 Å². The zero-order valence-corrected chi connectivity index (χ0v) is 21.5. The number of hydrogen-bond acceptors (Lipinski definition) is 5. The zero-order valence-electron chi connectivity index (χ0n) is 21.5. The van der Waals surface area contributed by atoms with Crippen LogP contribution in [0.15, 0.2) is 71.7 Å². The number of aliphatic imine (C=N–C) groups is 1. The number of benzene rings is 3. The van der Waals surface area contributed by atoms with E-state index in [9.17, 15) is 14.0 Å². The SMILES string of the molecule is NC(N)=Nc1ccc(C[C@H](N)C(=O)Nc2ccc(C(=O)NC3CCCC3)c(OCc3ccc(F)cc3)c2)cc1. The molecule has 0 aliphatic heterocycles. The van der Waals surface area contributed by atoms with Gasteiger partial charge in [-0.05, 0) is 66.8 Å². The van der Waals surface area contributed by atoms with Gasteiger partial charge in [0.2, 0.25) is 5.91 Å². The average Bonchev–Trinajstić information content (AvgIpc) is 3.42. The lowest BCUT2D eigenvalue weighted by molar-refractivity contribution is -0.117. The predicted octanol–water partition coefficient (Wildman–Crippen LogP) is 3.49. The summed E-state index contributed by atoms with van der Waals surface area (Å²) in [5.74, 6) is -0.717.